The zero-order valence-corrected chi connectivity index (χ0v) is 14.9. The lowest BCUT2D eigenvalue weighted by molar-refractivity contribution is -0.385. The maximum atomic E-state index is 12.6. The molecule has 3 aromatic carbocycles. The van der Waals surface area contributed by atoms with Gasteiger partial charge < -0.3 is 10.1 Å². The Kier molecular flexibility index (Phi) is 5.17. The van der Waals surface area contributed by atoms with E-state index in [1.54, 1.807) is 25.1 Å². The van der Waals surface area contributed by atoms with Crippen molar-refractivity contribution in [1.29, 1.82) is 0 Å². The van der Waals surface area contributed by atoms with Crippen LogP contribution in [-0.2, 0) is 0 Å². The van der Waals surface area contributed by atoms with Gasteiger partial charge in [-0.1, -0.05) is 29.8 Å². The van der Waals surface area contributed by atoms with Gasteiger partial charge in [0.2, 0.25) is 0 Å². The number of carbonyl (C=O) groups is 1. The normalized spacial score (nSPS) is 10.3. The SMILES string of the molecule is Cc1ccc(Oc2ccccc2NC(=O)c2ccc([N+](=O)[O-])c(C)c2)cc1. The molecular formula is C21H18N2O4. The first-order valence-electron chi connectivity index (χ1n) is 8.34. The standard InChI is InChI=1S/C21H18N2O4/c1-14-7-10-17(11-8-14)27-20-6-4-3-5-18(20)22-21(24)16-9-12-19(23(25)26)15(2)13-16/h3-13H,1-2H3,(H,22,24). The molecule has 3 rings (SSSR count). The van der Waals surface area contributed by atoms with Gasteiger partial charge in [-0.3, -0.25) is 14.9 Å². The monoisotopic (exact) mass is 362 g/mol. The van der Waals surface area contributed by atoms with E-state index in [1.165, 1.54) is 18.2 Å². The molecule has 1 amide bonds. The highest BCUT2D eigenvalue weighted by Crippen LogP contribution is 2.30. The fourth-order valence-electron chi connectivity index (χ4n) is 2.59. The van der Waals surface area contributed by atoms with Crippen LogP contribution >= 0.6 is 0 Å². The highest BCUT2D eigenvalue weighted by molar-refractivity contribution is 6.05. The summed E-state index contributed by atoms with van der Waals surface area (Å²) in [5.74, 6) is 0.801. The van der Waals surface area contributed by atoms with E-state index in [2.05, 4.69) is 5.32 Å². The summed E-state index contributed by atoms with van der Waals surface area (Å²) in [4.78, 5) is 23.0. The lowest BCUT2D eigenvalue weighted by atomic mass is 10.1. The molecule has 0 saturated heterocycles. The van der Waals surface area contributed by atoms with Crippen LogP contribution in [0.15, 0.2) is 66.7 Å². The van der Waals surface area contributed by atoms with Crippen molar-refractivity contribution in [2.24, 2.45) is 0 Å². The molecule has 0 saturated carbocycles. The van der Waals surface area contributed by atoms with Crippen LogP contribution in [0.5, 0.6) is 11.5 Å². The molecular weight excluding hydrogens is 344 g/mol. The Labute approximate surface area is 156 Å². The van der Waals surface area contributed by atoms with Crippen LogP contribution in [0.3, 0.4) is 0 Å². The third-order valence-corrected chi connectivity index (χ3v) is 4.04. The molecule has 0 heterocycles. The molecule has 0 unspecified atom stereocenters. The molecule has 0 spiro atoms. The molecule has 0 aliphatic rings. The van der Waals surface area contributed by atoms with Crippen molar-refractivity contribution in [1.82, 2.24) is 0 Å². The number of ether oxygens (including phenoxy) is 1. The lowest BCUT2D eigenvalue weighted by Crippen LogP contribution is -2.13. The molecule has 0 bridgehead atoms. The number of anilines is 1. The highest BCUT2D eigenvalue weighted by Gasteiger charge is 2.15. The predicted octanol–water partition coefficient (Wildman–Crippen LogP) is 5.26. The number of benzene rings is 3. The Morgan fingerprint density at radius 3 is 2.37 bits per heavy atom. The zero-order valence-electron chi connectivity index (χ0n) is 14.9. The fraction of sp³-hybridized carbons (Fsp3) is 0.0952. The largest absolute Gasteiger partial charge is 0.455 e. The molecule has 136 valence electrons. The second-order valence-electron chi connectivity index (χ2n) is 6.12. The van der Waals surface area contributed by atoms with E-state index in [9.17, 15) is 14.9 Å². The second kappa shape index (κ2) is 7.70. The molecule has 27 heavy (non-hydrogen) atoms. The Hall–Kier alpha value is -3.67. The van der Waals surface area contributed by atoms with Gasteiger partial charge in [0.15, 0.2) is 5.75 Å². The average Bonchev–Trinajstić information content (AvgIpc) is 2.64. The van der Waals surface area contributed by atoms with Crippen molar-refractivity contribution in [2.75, 3.05) is 5.32 Å². The van der Waals surface area contributed by atoms with E-state index in [4.69, 9.17) is 4.74 Å². The van der Waals surface area contributed by atoms with E-state index >= 15 is 0 Å². The molecule has 0 aromatic heterocycles. The number of hydrogen-bond acceptors (Lipinski definition) is 4. The van der Waals surface area contributed by atoms with E-state index < -0.39 is 4.92 Å². The molecule has 6 nitrogen and oxygen atoms in total. The van der Waals surface area contributed by atoms with Gasteiger partial charge in [0.25, 0.3) is 11.6 Å². The summed E-state index contributed by atoms with van der Waals surface area (Å²) in [6.45, 7) is 3.59. The third-order valence-electron chi connectivity index (χ3n) is 4.04. The number of aryl methyl sites for hydroxylation is 2. The number of nitro groups is 1. The summed E-state index contributed by atoms with van der Waals surface area (Å²) < 4.78 is 5.87. The maximum absolute atomic E-state index is 12.6. The number of hydrogen-bond donors (Lipinski definition) is 1. The molecule has 0 aliphatic heterocycles. The van der Waals surface area contributed by atoms with Crippen molar-refractivity contribution in [3.63, 3.8) is 0 Å². The summed E-state index contributed by atoms with van der Waals surface area (Å²) in [5, 5.41) is 13.7. The van der Waals surface area contributed by atoms with Gasteiger partial charge in [-0.05, 0) is 50.2 Å². The van der Waals surface area contributed by atoms with E-state index in [-0.39, 0.29) is 11.6 Å². The summed E-state index contributed by atoms with van der Waals surface area (Å²) in [6, 6.07) is 19.0. The highest BCUT2D eigenvalue weighted by atomic mass is 16.6. The van der Waals surface area contributed by atoms with Crippen molar-refractivity contribution < 1.29 is 14.5 Å². The molecule has 1 N–H and O–H groups in total. The van der Waals surface area contributed by atoms with Gasteiger partial charge in [-0.15, -0.1) is 0 Å². The van der Waals surface area contributed by atoms with Crippen molar-refractivity contribution in [2.45, 2.75) is 13.8 Å². The Morgan fingerprint density at radius 1 is 1.00 bits per heavy atom. The minimum Gasteiger partial charge on any atom is -0.455 e. The van der Waals surface area contributed by atoms with Crippen molar-refractivity contribution in [3.05, 3.63) is 93.5 Å². The fourth-order valence-corrected chi connectivity index (χ4v) is 2.59. The summed E-state index contributed by atoms with van der Waals surface area (Å²) >= 11 is 0. The molecule has 6 heteroatoms. The van der Waals surface area contributed by atoms with Gasteiger partial charge in [0, 0.05) is 17.2 Å². The molecule has 0 aliphatic carbocycles. The summed E-state index contributed by atoms with van der Waals surface area (Å²) in [5.41, 5.74) is 2.38. The number of amides is 1. The predicted molar refractivity (Wildman–Crippen MR) is 103 cm³/mol. The minimum atomic E-state index is -0.471. The number of carbonyl (C=O) groups excluding carboxylic acids is 1. The number of nitrogens with zero attached hydrogens (tertiary/aromatic N) is 1. The average molecular weight is 362 g/mol. The van der Waals surface area contributed by atoms with Crippen LogP contribution in [0, 0.1) is 24.0 Å². The van der Waals surface area contributed by atoms with Crippen LogP contribution in [0.2, 0.25) is 0 Å². The first-order chi connectivity index (χ1) is 12.9. The van der Waals surface area contributed by atoms with Crippen LogP contribution in [-0.4, -0.2) is 10.8 Å². The lowest BCUT2D eigenvalue weighted by Gasteiger charge is -2.12. The maximum Gasteiger partial charge on any atom is 0.272 e. The van der Waals surface area contributed by atoms with E-state index in [0.717, 1.165) is 5.56 Å². The Morgan fingerprint density at radius 2 is 1.70 bits per heavy atom. The molecule has 0 fully saturated rings. The van der Waals surface area contributed by atoms with Crippen molar-refractivity contribution in [3.8, 4) is 11.5 Å². The smallest absolute Gasteiger partial charge is 0.272 e. The van der Waals surface area contributed by atoms with E-state index in [0.29, 0.717) is 28.3 Å². The number of para-hydroxylation sites is 2. The third kappa shape index (κ3) is 4.30. The molecule has 3 aromatic rings. The zero-order chi connectivity index (χ0) is 19.4. The Bertz CT molecular complexity index is 997. The first kappa shape index (κ1) is 18.1. The van der Waals surface area contributed by atoms with Gasteiger partial charge in [-0.25, -0.2) is 0 Å². The van der Waals surface area contributed by atoms with Crippen LogP contribution in [0.25, 0.3) is 0 Å². The second-order valence-corrected chi connectivity index (χ2v) is 6.12. The van der Waals surface area contributed by atoms with Gasteiger partial charge >= 0.3 is 0 Å². The first-order valence-corrected chi connectivity index (χ1v) is 8.34. The number of rotatable bonds is 5. The minimum absolute atomic E-state index is 0.0188. The number of nitrogens with one attached hydrogen (secondary N) is 1. The summed E-state index contributed by atoms with van der Waals surface area (Å²) in [7, 11) is 0. The van der Waals surface area contributed by atoms with Crippen LogP contribution in [0.1, 0.15) is 21.5 Å². The van der Waals surface area contributed by atoms with Crippen LogP contribution < -0.4 is 10.1 Å². The Balaban J connectivity index is 1.81. The van der Waals surface area contributed by atoms with Gasteiger partial charge in [0.1, 0.15) is 5.75 Å². The van der Waals surface area contributed by atoms with Gasteiger partial charge in [-0.2, -0.15) is 0 Å². The number of nitro benzene ring substituents is 1. The van der Waals surface area contributed by atoms with E-state index in [1.807, 2.05) is 37.3 Å². The topological polar surface area (TPSA) is 81.5 Å². The van der Waals surface area contributed by atoms with Gasteiger partial charge in [0.05, 0.1) is 10.6 Å². The quantitative estimate of drug-likeness (QED) is 0.496. The van der Waals surface area contributed by atoms with Crippen LogP contribution in [0.4, 0.5) is 11.4 Å². The molecule has 0 atom stereocenters. The van der Waals surface area contributed by atoms with Crippen molar-refractivity contribution >= 4 is 17.3 Å². The summed E-state index contributed by atoms with van der Waals surface area (Å²) in [6.07, 6.45) is 0. The molecule has 0 radical (unpaired) electrons.